The molecule has 3 rings (SSSR count). The fourth-order valence-electron chi connectivity index (χ4n) is 2.76. The molecular formula is C20H21NO. The average Bonchev–Trinajstić information content (AvgIpc) is 3.10. The molecule has 22 heavy (non-hydrogen) atoms. The Balaban J connectivity index is 1.60. The maximum absolute atomic E-state index is 12.1. The number of hydrogen-bond acceptors (Lipinski definition) is 1. The van der Waals surface area contributed by atoms with E-state index in [9.17, 15) is 4.79 Å². The zero-order valence-corrected chi connectivity index (χ0v) is 12.7. The Hall–Kier alpha value is -2.35. The summed E-state index contributed by atoms with van der Waals surface area (Å²) in [4.78, 5) is 14.1. The van der Waals surface area contributed by atoms with Gasteiger partial charge in [-0.1, -0.05) is 66.7 Å². The molecule has 0 atom stereocenters. The molecule has 2 nitrogen and oxygen atoms in total. The van der Waals surface area contributed by atoms with Gasteiger partial charge in [-0.25, -0.2) is 0 Å². The van der Waals surface area contributed by atoms with E-state index in [-0.39, 0.29) is 5.91 Å². The van der Waals surface area contributed by atoms with Crippen LogP contribution in [0.5, 0.6) is 0 Å². The molecule has 2 aromatic rings. The van der Waals surface area contributed by atoms with Crippen molar-refractivity contribution in [3.8, 4) is 0 Å². The Bertz CT molecular complexity index is 637. The number of rotatable bonds is 4. The van der Waals surface area contributed by atoms with Gasteiger partial charge in [0.2, 0.25) is 5.91 Å². The second-order valence-corrected chi connectivity index (χ2v) is 5.75. The predicted molar refractivity (Wildman–Crippen MR) is 91.3 cm³/mol. The first-order valence-electron chi connectivity index (χ1n) is 7.91. The van der Waals surface area contributed by atoms with Crippen molar-refractivity contribution >= 4 is 18.1 Å². The minimum atomic E-state index is 0.255. The van der Waals surface area contributed by atoms with E-state index in [0.717, 1.165) is 37.1 Å². The number of benzene rings is 2. The van der Waals surface area contributed by atoms with Crippen molar-refractivity contribution in [1.29, 1.82) is 0 Å². The SMILES string of the molecule is O=C(Cc1ccc(/C=C/c2ccccc2)cc1)N1CCCC1. The van der Waals surface area contributed by atoms with Crippen LogP contribution in [0, 0.1) is 0 Å². The van der Waals surface area contributed by atoms with Crippen LogP contribution in [0.15, 0.2) is 54.6 Å². The summed E-state index contributed by atoms with van der Waals surface area (Å²) in [5.41, 5.74) is 3.44. The summed E-state index contributed by atoms with van der Waals surface area (Å²) < 4.78 is 0. The van der Waals surface area contributed by atoms with Crippen LogP contribution < -0.4 is 0 Å². The van der Waals surface area contributed by atoms with E-state index in [1.54, 1.807) is 0 Å². The first-order chi connectivity index (χ1) is 10.8. The largest absolute Gasteiger partial charge is 0.342 e. The van der Waals surface area contributed by atoms with Gasteiger partial charge in [-0.05, 0) is 29.5 Å². The summed E-state index contributed by atoms with van der Waals surface area (Å²) in [6, 6.07) is 18.5. The number of carbonyl (C=O) groups is 1. The van der Waals surface area contributed by atoms with Crippen molar-refractivity contribution in [2.75, 3.05) is 13.1 Å². The molecule has 1 amide bonds. The highest BCUT2D eigenvalue weighted by Gasteiger charge is 2.17. The minimum Gasteiger partial charge on any atom is -0.342 e. The lowest BCUT2D eigenvalue weighted by atomic mass is 10.1. The lowest BCUT2D eigenvalue weighted by Gasteiger charge is -2.15. The third-order valence-electron chi connectivity index (χ3n) is 4.06. The van der Waals surface area contributed by atoms with Gasteiger partial charge in [0, 0.05) is 13.1 Å². The van der Waals surface area contributed by atoms with Gasteiger partial charge in [0.15, 0.2) is 0 Å². The molecule has 1 saturated heterocycles. The Morgan fingerprint density at radius 1 is 0.864 bits per heavy atom. The quantitative estimate of drug-likeness (QED) is 0.779. The van der Waals surface area contributed by atoms with Gasteiger partial charge in [-0.2, -0.15) is 0 Å². The van der Waals surface area contributed by atoms with Gasteiger partial charge < -0.3 is 4.90 Å². The van der Waals surface area contributed by atoms with E-state index >= 15 is 0 Å². The van der Waals surface area contributed by atoms with Gasteiger partial charge in [0.05, 0.1) is 6.42 Å². The first kappa shape index (κ1) is 14.6. The molecule has 0 N–H and O–H groups in total. The summed E-state index contributed by atoms with van der Waals surface area (Å²) >= 11 is 0. The van der Waals surface area contributed by atoms with Gasteiger partial charge in [-0.3, -0.25) is 4.79 Å². The molecule has 0 aliphatic carbocycles. The molecule has 1 fully saturated rings. The van der Waals surface area contributed by atoms with Crippen molar-refractivity contribution in [3.63, 3.8) is 0 Å². The van der Waals surface area contributed by atoms with Crippen LogP contribution in [0.2, 0.25) is 0 Å². The predicted octanol–water partition coefficient (Wildman–Crippen LogP) is 4.02. The molecule has 0 saturated carbocycles. The fraction of sp³-hybridized carbons (Fsp3) is 0.250. The molecule has 0 unspecified atom stereocenters. The Kier molecular flexibility index (Phi) is 4.69. The van der Waals surface area contributed by atoms with E-state index in [2.05, 4.69) is 48.6 Å². The molecule has 2 aromatic carbocycles. The molecule has 2 heteroatoms. The molecule has 1 aliphatic heterocycles. The summed E-state index contributed by atoms with van der Waals surface area (Å²) in [5, 5.41) is 0. The van der Waals surface area contributed by atoms with Gasteiger partial charge in [0.25, 0.3) is 0 Å². The summed E-state index contributed by atoms with van der Waals surface area (Å²) in [6.45, 7) is 1.85. The second-order valence-electron chi connectivity index (χ2n) is 5.75. The van der Waals surface area contributed by atoms with Crippen LogP contribution in [-0.4, -0.2) is 23.9 Å². The molecule has 0 bridgehead atoms. The number of carbonyl (C=O) groups excluding carboxylic acids is 1. The highest BCUT2D eigenvalue weighted by atomic mass is 16.2. The normalized spacial score (nSPS) is 14.6. The fourth-order valence-corrected chi connectivity index (χ4v) is 2.76. The van der Waals surface area contributed by atoms with E-state index in [1.165, 1.54) is 5.56 Å². The highest BCUT2D eigenvalue weighted by molar-refractivity contribution is 5.79. The van der Waals surface area contributed by atoms with Crippen molar-refractivity contribution < 1.29 is 4.79 Å². The van der Waals surface area contributed by atoms with Gasteiger partial charge in [0.1, 0.15) is 0 Å². The van der Waals surface area contributed by atoms with Crippen LogP contribution in [0.3, 0.4) is 0 Å². The van der Waals surface area contributed by atoms with Crippen molar-refractivity contribution in [3.05, 3.63) is 71.3 Å². The van der Waals surface area contributed by atoms with Crippen molar-refractivity contribution in [1.82, 2.24) is 4.90 Å². The Morgan fingerprint density at radius 2 is 1.45 bits per heavy atom. The number of hydrogen-bond donors (Lipinski definition) is 0. The third-order valence-corrected chi connectivity index (χ3v) is 4.06. The lowest BCUT2D eigenvalue weighted by Crippen LogP contribution is -2.29. The smallest absolute Gasteiger partial charge is 0.226 e. The molecule has 112 valence electrons. The lowest BCUT2D eigenvalue weighted by molar-refractivity contribution is -0.129. The molecular weight excluding hydrogens is 270 g/mol. The second kappa shape index (κ2) is 7.08. The Morgan fingerprint density at radius 3 is 2.09 bits per heavy atom. The Labute approximate surface area is 132 Å². The topological polar surface area (TPSA) is 20.3 Å². The first-order valence-corrected chi connectivity index (χ1v) is 7.91. The van der Waals surface area contributed by atoms with E-state index in [1.807, 2.05) is 23.1 Å². The van der Waals surface area contributed by atoms with Gasteiger partial charge in [-0.15, -0.1) is 0 Å². The number of likely N-dealkylation sites (tertiary alicyclic amines) is 1. The average molecular weight is 291 g/mol. The third kappa shape index (κ3) is 3.85. The minimum absolute atomic E-state index is 0.255. The van der Waals surface area contributed by atoms with Crippen LogP contribution in [0.25, 0.3) is 12.2 Å². The van der Waals surface area contributed by atoms with E-state index in [4.69, 9.17) is 0 Å². The number of nitrogens with zero attached hydrogens (tertiary/aromatic N) is 1. The molecule has 0 aromatic heterocycles. The van der Waals surface area contributed by atoms with Crippen LogP contribution in [0.4, 0.5) is 0 Å². The zero-order valence-electron chi connectivity index (χ0n) is 12.7. The standard InChI is InChI=1S/C20H21NO/c22-20(21-14-4-5-15-21)16-19-12-10-18(11-13-19)9-8-17-6-2-1-3-7-17/h1-3,6-13H,4-5,14-16H2/b9-8+. The summed E-state index contributed by atoms with van der Waals surface area (Å²) in [5.74, 6) is 0.255. The summed E-state index contributed by atoms with van der Waals surface area (Å²) in [6.07, 6.45) is 7.01. The van der Waals surface area contributed by atoms with Crippen molar-refractivity contribution in [2.24, 2.45) is 0 Å². The maximum Gasteiger partial charge on any atom is 0.226 e. The van der Waals surface area contributed by atoms with Crippen LogP contribution in [0.1, 0.15) is 29.5 Å². The van der Waals surface area contributed by atoms with Gasteiger partial charge >= 0.3 is 0 Å². The maximum atomic E-state index is 12.1. The van der Waals surface area contributed by atoms with E-state index < -0.39 is 0 Å². The molecule has 1 aliphatic rings. The highest BCUT2D eigenvalue weighted by Crippen LogP contribution is 2.13. The summed E-state index contributed by atoms with van der Waals surface area (Å²) in [7, 11) is 0. The zero-order chi connectivity index (χ0) is 15.2. The monoisotopic (exact) mass is 291 g/mol. The molecule has 0 spiro atoms. The van der Waals surface area contributed by atoms with Crippen LogP contribution in [-0.2, 0) is 11.2 Å². The number of amides is 1. The van der Waals surface area contributed by atoms with Crippen molar-refractivity contribution in [2.45, 2.75) is 19.3 Å². The molecule has 0 radical (unpaired) electrons. The van der Waals surface area contributed by atoms with Crippen LogP contribution >= 0.6 is 0 Å². The van der Waals surface area contributed by atoms with E-state index in [0.29, 0.717) is 6.42 Å². The molecule has 1 heterocycles.